The van der Waals surface area contributed by atoms with Crippen LogP contribution in [0.4, 0.5) is 0 Å². The van der Waals surface area contributed by atoms with Crippen LogP contribution in [0.25, 0.3) is 0 Å². The van der Waals surface area contributed by atoms with E-state index in [1.807, 2.05) is 0 Å². The molecule has 2 aliphatic heterocycles. The first-order valence-corrected chi connectivity index (χ1v) is 12.0. The van der Waals surface area contributed by atoms with Crippen molar-refractivity contribution in [2.45, 2.75) is 51.6 Å². The Morgan fingerprint density at radius 1 is 0.821 bits per heavy atom. The van der Waals surface area contributed by atoms with Gasteiger partial charge in [0.15, 0.2) is 0 Å². The minimum atomic E-state index is -0.950. The molecule has 2 N–H and O–H groups in total. The number of carboxylic acid groups (broad SMARTS) is 2. The highest BCUT2D eigenvalue weighted by molar-refractivity contribution is 8.76. The summed E-state index contributed by atoms with van der Waals surface area (Å²) in [6.07, 6.45) is 2.43. The summed E-state index contributed by atoms with van der Waals surface area (Å²) < 4.78 is 0. The predicted molar refractivity (Wildman–Crippen MR) is 108 cm³/mol. The van der Waals surface area contributed by atoms with E-state index in [1.165, 1.54) is 31.4 Å². The highest BCUT2D eigenvalue weighted by Crippen LogP contribution is 2.30. The van der Waals surface area contributed by atoms with E-state index in [9.17, 15) is 29.4 Å². The molecule has 0 bridgehead atoms. The Kier molecular flexibility index (Phi) is 8.48. The Bertz CT molecular complexity index is 565. The lowest BCUT2D eigenvalue weighted by Crippen LogP contribution is -2.43. The van der Waals surface area contributed by atoms with Crippen LogP contribution in [0.1, 0.15) is 39.5 Å². The van der Waals surface area contributed by atoms with Crippen LogP contribution in [0.15, 0.2) is 0 Å². The molecule has 0 unspecified atom stereocenters. The number of amides is 2. The van der Waals surface area contributed by atoms with Gasteiger partial charge in [-0.3, -0.25) is 9.59 Å². The van der Waals surface area contributed by atoms with Crippen molar-refractivity contribution in [3.05, 3.63) is 0 Å². The Labute approximate surface area is 172 Å². The fraction of sp³-hybridized carbons (Fsp3) is 0.778. The van der Waals surface area contributed by atoms with Crippen molar-refractivity contribution < 1.29 is 29.4 Å². The lowest BCUT2D eigenvalue weighted by atomic mass is 10.1. The maximum absolute atomic E-state index is 12.5. The van der Waals surface area contributed by atoms with Gasteiger partial charge >= 0.3 is 11.9 Å². The molecule has 0 aromatic carbocycles. The molecule has 0 radical (unpaired) electrons. The van der Waals surface area contributed by atoms with Crippen LogP contribution < -0.4 is 0 Å². The van der Waals surface area contributed by atoms with Crippen LogP contribution in [-0.2, 0) is 19.2 Å². The molecule has 8 nitrogen and oxygen atoms in total. The van der Waals surface area contributed by atoms with Crippen LogP contribution in [0.2, 0.25) is 0 Å². The summed E-state index contributed by atoms with van der Waals surface area (Å²) in [5, 5.41) is 18.4. The first kappa shape index (κ1) is 22.9. The Morgan fingerprint density at radius 2 is 1.18 bits per heavy atom. The number of aliphatic carboxylic acids is 2. The number of rotatable bonds is 9. The first-order valence-electron chi connectivity index (χ1n) is 9.55. The van der Waals surface area contributed by atoms with E-state index in [2.05, 4.69) is 0 Å². The minimum Gasteiger partial charge on any atom is -0.480 e. The van der Waals surface area contributed by atoms with Crippen molar-refractivity contribution in [2.75, 3.05) is 24.6 Å². The summed E-state index contributed by atoms with van der Waals surface area (Å²) in [5.41, 5.74) is 0. The molecule has 0 aromatic heterocycles. The number of hydrogen-bond acceptors (Lipinski definition) is 6. The van der Waals surface area contributed by atoms with Crippen molar-refractivity contribution in [2.24, 2.45) is 11.8 Å². The fourth-order valence-electron chi connectivity index (χ4n) is 3.58. The van der Waals surface area contributed by atoms with E-state index >= 15 is 0 Å². The fourth-order valence-corrected chi connectivity index (χ4v) is 6.27. The van der Waals surface area contributed by atoms with E-state index in [-0.39, 0.29) is 23.7 Å². The average Bonchev–Trinajstić information content (AvgIpc) is 3.32. The van der Waals surface area contributed by atoms with E-state index in [4.69, 9.17) is 0 Å². The zero-order chi connectivity index (χ0) is 20.8. The van der Waals surface area contributed by atoms with E-state index in [0.717, 1.165) is 0 Å². The Balaban J connectivity index is 1.73. The second-order valence-corrected chi connectivity index (χ2v) is 9.98. The molecule has 2 heterocycles. The number of hydrogen-bond donors (Lipinski definition) is 2. The molecule has 0 spiro atoms. The highest BCUT2D eigenvalue weighted by Gasteiger charge is 2.37. The predicted octanol–water partition coefficient (Wildman–Crippen LogP) is 1.79. The number of nitrogens with zero attached hydrogens (tertiary/aromatic N) is 2. The van der Waals surface area contributed by atoms with E-state index in [0.29, 0.717) is 50.3 Å². The van der Waals surface area contributed by atoms with Gasteiger partial charge < -0.3 is 20.0 Å². The summed E-state index contributed by atoms with van der Waals surface area (Å²) in [6, 6.07) is -1.43. The number of carboxylic acids is 2. The van der Waals surface area contributed by atoms with E-state index in [1.54, 1.807) is 13.8 Å². The molecule has 10 heteroatoms. The van der Waals surface area contributed by atoms with Gasteiger partial charge in [-0.05, 0) is 25.7 Å². The summed E-state index contributed by atoms with van der Waals surface area (Å²) >= 11 is 0. The molecule has 158 valence electrons. The zero-order valence-corrected chi connectivity index (χ0v) is 17.8. The lowest BCUT2D eigenvalue weighted by molar-refractivity contribution is -0.149. The van der Waals surface area contributed by atoms with Gasteiger partial charge in [0.1, 0.15) is 12.1 Å². The molecule has 2 rings (SSSR count). The zero-order valence-electron chi connectivity index (χ0n) is 16.2. The molecule has 2 amide bonds. The first-order chi connectivity index (χ1) is 13.2. The van der Waals surface area contributed by atoms with Gasteiger partial charge in [-0.15, -0.1) is 0 Å². The lowest BCUT2D eigenvalue weighted by Gasteiger charge is -2.25. The van der Waals surface area contributed by atoms with Crippen molar-refractivity contribution in [1.29, 1.82) is 0 Å². The minimum absolute atomic E-state index is 0.136. The quantitative estimate of drug-likeness (QED) is 0.419. The molecule has 0 aromatic rings. The van der Waals surface area contributed by atoms with Gasteiger partial charge in [0.05, 0.1) is 0 Å². The molecule has 28 heavy (non-hydrogen) atoms. The third kappa shape index (κ3) is 5.56. The van der Waals surface area contributed by atoms with Crippen LogP contribution in [0.3, 0.4) is 0 Å². The third-order valence-corrected chi connectivity index (χ3v) is 7.96. The third-order valence-electron chi connectivity index (χ3n) is 5.20. The molecule has 2 saturated heterocycles. The molecule has 2 aliphatic rings. The topological polar surface area (TPSA) is 115 Å². The van der Waals surface area contributed by atoms with Gasteiger partial charge in [0.25, 0.3) is 0 Å². The smallest absolute Gasteiger partial charge is 0.326 e. The second kappa shape index (κ2) is 10.4. The molecular formula is C18H28N2O6S2. The highest BCUT2D eigenvalue weighted by atomic mass is 33.1. The summed E-state index contributed by atoms with van der Waals surface area (Å²) in [4.78, 5) is 50.4. The summed E-state index contributed by atoms with van der Waals surface area (Å²) in [5.74, 6) is -1.68. The standard InChI is InChI=1S/C18H28N2O6S2/c1-11(15(21)19-7-3-5-13(19)17(23)24)9-27-28-10-12(2)16(22)20-8-4-6-14(20)18(25)26/h11-14H,3-10H2,1-2H3,(H,23,24)(H,25,26)/t11-,12-,13-,14-/m0/s1. The monoisotopic (exact) mass is 432 g/mol. The average molecular weight is 433 g/mol. The van der Waals surface area contributed by atoms with Crippen LogP contribution >= 0.6 is 21.6 Å². The van der Waals surface area contributed by atoms with Gasteiger partial charge in [-0.25, -0.2) is 9.59 Å². The van der Waals surface area contributed by atoms with Gasteiger partial charge in [0, 0.05) is 36.4 Å². The molecule has 0 saturated carbocycles. The number of carbonyl (C=O) groups excluding carboxylic acids is 2. The number of likely N-dealkylation sites (tertiary alicyclic amines) is 2. The van der Waals surface area contributed by atoms with Crippen molar-refractivity contribution >= 4 is 45.3 Å². The van der Waals surface area contributed by atoms with Crippen LogP contribution in [0.5, 0.6) is 0 Å². The van der Waals surface area contributed by atoms with Gasteiger partial charge in [-0.2, -0.15) is 0 Å². The maximum Gasteiger partial charge on any atom is 0.326 e. The summed E-state index contributed by atoms with van der Waals surface area (Å²) in [7, 11) is 2.98. The largest absolute Gasteiger partial charge is 0.480 e. The van der Waals surface area contributed by atoms with Crippen LogP contribution in [-0.4, -0.2) is 80.4 Å². The Hall–Kier alpha value is -1.42. The second-order valence-electron chi connectivity index (χ2n) is 7.43. The van der Waals surface area contributed by atoms with Crippen molar-refractivity contribution in [3.63, 3.8) is 0 Å². The van der Waals surface area contributed by atoms with Gasteiger partial charge in [0.2, 0.25) is 11.8 Å². The van der Waals surface area contributed by atoms with Crippen molar-refractivity contribution in [3.8, 4) is 0 Å². The summed E-state index contributed by atoms with van der Waals surface area (Å²) in [6.45, 7) is 4.57. The van der Waals surface area contributed by atoms with E-state index < -0.39 is 24.0 Å². The normalized spacial score (nSPS) is 24.2. The Morgan fingerprint density at radius 3 is 1.50 bits per heavy atom. The number of carbonyl (C=O) groups is 4. The van der Waals surface area contributed by atoms with Gasteiger partial charge in [-0.1, -0.05) is 35.4 Å². The molecule has 4 atom stereocenters. The van der Waals surface area contributed by atoms with Crippen LogP contribution in [0, 0.1) is 11.8 Å². The molecule has 2 fully saturated rings. The maximum atomic E-state index is 12.5. The molecule has 0 aliphatic carbocycles. The molecular weight excluding hydrogens is 404 g/mol. The SMILES string of the molecule is C[C@@H](CSSC[C@H](C)C(=O)N1CCC[C@H]1C(=O)O)C(=O)N1CCC[C@H]1C(=O)O. The van der Waals surface area contributed by atoms with Crippen molar-refractivity contribution in [1.82, 2.24) is 9.80 Å².